The molecule has 3 aromatic carbocycles. The van der Waals surface area contributed by atoms with E-state index in [4.69, 9.17) is 0 Å². The number of nitrogens with zero attached hydrogens (tertiary/aromatic N) is 2. The average Bonchev–Trinajstić information content (AvgIpc) is 2.84. The SMILES string of the molecule is O=C(c1ccccc1)N1CC=C(c2ccc(N3CCc4ccccc4C3)cc2)CC1. The van der Waals surface area contributed by atoms with Gasteiger partial charge in [0, 0.05) is 37.4 Å². The number of benzene rings is 3. The maximum Gasteiger partial charge on any atom is 0.254 e. The van der Waals surface area contributed by atoms with Crippen molar-refractivity contribution < 1.29 is 4.79 Å². The summed E-state index contributed by atoms with van der Waals surface area (Å²) in [5.41, 5.74) is 7.57. The first-order chi connectivity index (χ1) is 14.8. The summed E-state index contributed by atoms with van der Waals surface area (Å²) in [6.45, 7) is 3.49. The second kappa shape index (κ2) is 8.19. The van der Waals surface area contributed by atoms with E-state index >= 15 is 0 Å². The maximum atomic E-state index is 12.6. The molecule has 0 bridgehead atoms. The number of amides is 1. The molecule has 0 spiro atoms. The molecule has 2 aliphatic heterocycles. The van der Waals surface area contributed by atoms with Gasteiger partial charge in [-0.25, -0.2) is 0 Å². The Morgan fingerprint density at radius 3 is 2.20 bits per heavy atom. The van der Waals surface area contributed by atoms with Crippen molar-refractivity contribution in [1.29, 1.82) is 0 Å². The van der Waals surface area contributed by atoms with Crippen LogP contribution in [0.25, 0.3) is 5.57 Å². The number of hydrogen-bond donors (Lipinski definition) is 0. The van der Waals surface area contributed by atoms with Gasteiger partial charge in [-0.3, -0.25) is 4.79 Å². The molecule has 1 amide bonds. The molecular weight excluding hydrogens is 368 g/mol. The molecule has 0 atom stereocenters. The van der Waals surface area contributed by atoms with Crippen LogP contribution in [0.15, 0.2) is 84.9 Å². The van der Waals surface area contributed by atoms with Crippen molar-refractivity contribution in [2.45, 2.75) is 19.4 Å². The first kappa shape index (κ1) is 18.7. The molecule has 3 heteroatoms. The molecule has 30 heavy (non-hydrogen) atoms. The van der Waals surface area contributed by atoms with E-state index in [0.29, 0.717) is 6.54 Å². The maximum absolute atomic E-state index is 12.6. The Morgan fingerprint density at radius 1 is 0.733 bits per heavy atom. The standard InChI is InChI=1S/C27H26N2O/c30-27(24-7-2-1-3-8-24)28-17-14-23(15-18-28)22-10-12-26(13-11-22)29-19-16-21-6-4-5-9-25(21)20-29/h1-14H,15-20H2. The van der Waals surface area contributed by atoms with Gasteiger partial charge in [0.2, 0.25) is 0 Å². The van der Waals surface area contributed by atoms with Gasteiger partial charge in [0.25, 0.3) is 5.91 Å². The minimum Gasteiger partial charge on any atom is -0.367 e. The molecule has 2 aliphatic rings. The number of anilines is 1. The lowest BCUT2D eigenvalue weighted by Crippen LogP contribution is -2.34. The van der Waals surface area contributed by atoms with E-state index < -0.39 is 0 Å². The Morgan fingerprint density at radius 2 is 1.47 bits per heavy atom. The Bertz CT molecular complexity index is 1070. The molecule has 0 saturated carbocycles. The zero-order chi connectivity index (χ0) is 20.3. The summed E-state index contributed by atoms with van der Waals surface area (Å²) in [7, 11) is 0. The zero-order valence-corrected chi connectivity index (χ0v) is 17.1. The lowest BCUT2D eigenvalue weighted by molar-refractivity contribution is 0.0773. The van der Waals surface area contributed by atoms with Crippen LogP contribution in [0.3, 0.4) is 0 Å². The normalized spacial score (nSPS) is 16.1. The average molecular weight is 395 g/mol. The van der Waals surface area contributed by atoms with Crippen LogP contribution in [-0.4, -0.2) is 30.4 Å². The van der Waals surface area contributed by atoms with Gasteiger partial charge in [-0.2, -0.15) is 0 Å². The molecule has 0 aliphatic carbocycles. The fraction of sp³-hybridized carbons (Fsp3) is 0.222. The van der Waals surface area contributed by atoms with Gasteiger partial charge in [-0.15, -0.1) is 0 Å². The summed E-state index contributed by atoms with van der Waals surface area (Å²) in [6.07, 6.45) is 4.21. The van der Waals surface area contributed by atoms with E-state index in [-0.39, 0.29) is 5.91 Å². The Labute approximate surface area is 178 Å². The molecule has 0 radical (unpaired) electrons. The molecule has 150 valence electrons. The van der Waals surface area contributed by atoms with Crippen molar-refractivity contribution in [2.75, 3.05) is 24.5 Å². The highest BCUT2D eigenvalue weighted by Gasteiger charge is 2.20. The molecular formula is C27H26N2O. The predicted octanol–water partition coefficient (Wildman–Crippen LogP) is 5.18. The first-order valence-corrected chi connectivity index (χ1v) is 10.7. The number of rotatable bonds is 3. The second-order valence-corrected chi connectivity index (χ2v) is 8.08. The minimum atomic E-state index is 0.117. The van der Waals surface area contributed by atoms with E-state index in [0.717, 1.165) is 38.0 Å². The van der Waals surface area contributed by atoms with Crippen molar-refractivity contribution in [2.24, 2.45) is 0 Å². The molecule has 0 saturated heterocycles. The number of carbonyl (C=O) groups excluding carboxylic acids is 1. The Kier molecular flexibility index (Phi) is 5.10. The summed E-state index contributed by atoms with van der Waals surface area (Å²) in [5, 5.41) is 0. The first-order valence-electron chi connectivity index (χ1n) is 10.7. The lowest BCUT2D eigenvalue weighted by Gasteiger charge is -2.31. The van der Waals surface area contributed by atoms with Crippen molar-refractivity contribution >= 4 is 17.2 Å². The van der Waals surface area contributed by atoms with Crippen molar-refractivity contribution in [3.05, 3.63) is 107 Å². The fourth-order valence-corrected chi connectivity index (χ4v) is 4.48. The van der Waals surface area contributed by atoms with Gasteiger partial charge in [-0.1, -0.05) is 60.7 Å². The van der Waals surface area contributed by atoms with Crippen LogP contribution in [0.4, 0.5) is 5.69 Å². The quantitative estimate of drug-likeness (QED) is 0.611. The van der Waals surface area contributed by atoms with Crippen molar-refractivity contribution in [1.82, 2.24) is 4.90 Å². The van der Waals surface area contributed by atoms with E-state index in [9.17, 15) is 4.79 Å². The smallest absolute Gasteiger partial charge is 0.254 e. The van der Waals surface area contributed by atoms with E-state index in [2.05, 4.69) is 59.5 Å². The number of carbonyl (C=O) groups is 1. The largest absolute Gasteiger partial charge is 0.367 e. The van der Waals surface area contributed by atoms with Crippen LogP contribution >= 0.6 is 0 Å². The highest BCUT2D eigenvalue weighted by molar-refractivity contribution is 5.94. The third kappa shape index (κ3) is 3.76. The second-order valence-electron chi connectivity index (χ2n) is 8.08. The van der Waals surface area contributed by atoms with Crippen LogP contribution in [-0.2, 0) is 13.0 Å². The Hall–Kier alpha value is -3.33. The third-order valence-corrected chi connectivity index (χ3v) is 6.25. The lowest BCUT2D eigenvalue weighted by atomic mass is 9.97. The monoisotopic (exact) mass is 394 g/mol. The molecule has 5 rings (SSSR count). The summed E-state index contributed by atoms with van der Waals surface area (Å²) in [6, 6.07) is 27.3. The topological polar surface area (TPSA) is 23.6 Å². The highest BCUT2D eigenvalue weighted by atomic mass is 16.2. The van der Waals surface area contributed by atoms with Crippen molar-refractivity contribution in [3.63, 3.8) is 0 Å². The predicted molar refractivity (Wildman–Crippen MR) is 123 cm³/mol. The van der Waals surface area contributed by atoms with Crippen LogP contribution in [0.1, 0.15) is 33.5 Å². The molecule has 0 aromatic heterocycles. The number of hydrogen-bond acceptors (Lipinski definition) is 2. The third-order valence-electron chi connectivity index (χ3n) is 6.25. The van der Waals surface area contributed by atoms with E-state index in [1.54, 1.807) is 0 Å². The van der Waals surface area contributed by atoms with Gasteiger partial charge in [0.05, 0.1) is 0 Å². The van der Waals surface area contributed by atoms with Crippen LogP contribution < -0.4 is 4.90 Å². The van der Waals surface area contributed by atoms with Gasteiger partial charge in [-0.05, 0) is 59.4 Å². The van der Waals surface area contributed by atoms with Gasteiger partial charge in [0.15, 0.2) is 0 Å². The number of fused-ring (bicyclic) bond motifs is 1. The summed E-state index contributed by atoms with van der Waals surface area (Å²) in [4.78, 5) is 17.0. The van der Waals surface area contributed by atoms with Crippen molar-refractivity contribution in [3.8, 4) is 0 Å². The highest BCUT2D eigenvalue weighted by Crippen LogP contribution is 2.28. The van der Waals surface area contributed by atoms with Crippen LogP contribution in [0, 0.1) is 0 Å². The molecule has 0 fully saturated rings. The van der Waals surface area contributed by atoms with Gasteiger partial charge in [0.1, 0.15) is 0 Å². The molecule has 2 heterocycles. The van der Waals surface area contributed by atoms with E-state index in [1.165, 1.54) is 28.0 Å². The van der Waals surface area contributed by atoms with Gasteiger partial charge >= 0.3 is 0 Å². The molecule has 0 unspecified atom stereocenters. The Balaban J connectivity index is 1.25. The fourth-order valence-electron chi connectivity index (χ4n) is 4.48. The molecule has 3 aromatic rings. The van der Waals surface area contributed by atoms with E-state index in [1.807, 2.05) is 35.2 Å². The minimum absolute atomic E-state index is 0.117. The zero-order valence-electron chi connectivity index (χ0n) is 17.1. The summed E-state index contributed by atoms with van der Waals surface area (Å²) >= 11 is 0. The molecule has 0 N–H and O–H groups in total. The van der Waals surface area contributed by atoms with Gasteiger partial charge < -0.3 is 9.80 Å². The van der Waals surface area contributed by atoms with Crippen LogP contribution in [0.2, 0.25) is 0 Å². The van der Waals surface area contributed by atoms with Crippen LogP contribution in [0.5, 0.6) is 0 Å². The summed E-state index contributed by atoms with van der Waals surface area (Å²) < 4.78 is 0. The molecule has 3 nitrogen and oxygen atoms in total. The summed E-state index contributed by atoms with van der Waals surface area (Å²) in [5.74, 6) is 0.117.